The topological polar surface area (TPSA) is 29.9 Å². The number of aromatic nitrogens is 2. The Morgan fingerprint density at radius 2 is 2.36 bits per heavy atom. The van der Waals surface area contributed by atoms with Crippen LogP contribution in [0.2, 0.25) is 0 Å². The molecule has 0 aliphatic heterocycles. The summed E-state index contributed by atoms with van der Waals surface area (Å²) in [5, 5.41) is 7.42. The van der Waals surface area contributed by atoms with E-state index in [0.717, 1.165) is 18.7 Å². The smallest absolute Gasteiger partial charge is 0.0794 e. The average molecular weight is 153 g/mol. The molecule has 0 fully saturated rings. The highest BCUT2D eigenvalue weighted by atomic mass is 15.3. The Morgan fingerprint density at radius 3 is 2.91 bits per heavy atom. The van der Waals surface area contributed by atoms with Crippen molar-refractivity contribution in [3.63, 3.8) is 0 Å². The Morgan fingerprint density at radius 1 is 1.64 bits per heavy atom. The van der Waals surface area contributed by atoms with E-state index in [2.05, 4.69) is 23.5 Å². The van der Waals surface area contributed by atoms with E-state index in [0.29, 0.717) is 0 Å². The molecule has 0 spiro atoms. The summed E-state index contributed by atoms with van der Waals surface area (Å²) < 4.78 is 1.87. The van der Waals surface area contributed by atoms with E-state index in [-0.39, 0.29) is 0 Å². The largest absolute Gasteiger partial charge is 0.314 e. The fourth-order valence-corrected chi connectivity index (χ4v) is 1.20. The Hall–Kier alpha value is -0.830. The molecule has 0 radical (unpaired) electrons. The molecule has 1 rings (SSSR count). The number of hydrogen-bond acceptors (Lipinski definition) is 2. The van der Waals surface area contributed by atoms with E-state index < -0.39 is 0 Å². The Labute approximate surface area is 67.4 Å². The zero-order chi connectivity index (χ0) is 8.27. The van der Waals surface area contributed by atoms with Gasteiger partial charge in [-0.25, -0.2) is 0 Å². The van der Waals surface area contributed by atoms with Crippen molar-refractivity contribution in [2.24, 2.45) is 7.05 Å². The lowest BCUT2D eigenvalue weighted by Crippen LogP contribution is -2.07. The van der Waals surface area contributed by atoms with Crippen LogP contribution >= 0.6 is 0 Å². The summed E-state index contributed by atoms with van der Waals surface area (Å²) in [6.45, 7) is 3.01. The Bertz CT molecular complexity index is 227. The minimum Gasteiger partial charge on any atom is -0.314 e. The fourth-order valence-electron chi connectivity index (χ4n) is 1.20. The predicted molar refractivity (Wildman–Crippen MR) is 45.3 cm³/mol. The maximum Gasteiger partial charge on any atom is 0.0794 e. The highest BCUT2D eigenvalue weighted by Gasteiger charge is 2.02. The Kier molecular flexibility index (Phi) is 2.65. The van der Waals surface area contributed by atoms with Crippen LogP contribution in [0.4, 0.5) is 0 Å². The molecule has 1 N–H and O–H groups in total. The van der Waals surface area contributed by atoms with Gasteiger partial charge in [-0.05, 0) is 19.0 Å². The number of rotatable bonds is 3. The van der Waals surface area contributed by atoms with Crippen molar-refractivity contribution in [1.82, 2.24) is 15.1 Å². The molecule has 0 saturated heterocycles. The molecular formula is C8H15N3. The molecule has 1 aromatic heterocycles. The lowest BCUT2D eigenvalue weighted by molar-refractivity contribution is 0.711. The molecule has 0 bridgehead atoms. The quantitative estimate of drug-likeness (QED) is 0.692. The first-order chi connectivity index (χ1) is 5.27. The molecule has 62 valence electrons. The minimum atomic E-state index is 0.865. The van der Waals surface area contributed by atoms with Crippen LogP contribution in [-0.2, 0) is 20.0 Å². The number of nitrogens with zero attached hydrogens (tertiary/aromatic N) is 2. The lowest BCUT2D eigenvalue weighted by Gasteiger charge is -1.95. The predicted octanol–water partition coefficient (Wildman–Crippen LogP) is 0.702. The molecule has 3 heteroatoms. The molecule has 0 aliphatic carbocycles. The van der Waals surface area contributed by atoms with Gasteiger partial charge < -0.3 is 5.32 Å². The molecule has 0 amide bonds. The lowest BCUT2D eigenvalue weighted by atomic mass is 10.2. The van der Waals surface area contributed by atoms with Gasteiger partial charge in [0.2, 0.25) is 0 Å². The van der Waals surface area contributed by atoms with Crippen LogP contribution < -0.4 is 5.32 Å². The highest BCUT2D eigenvalue weighted by molar-refractivity contribution is 5.16. The van der Waals surface area contributed by atoms with E-state index in [1.54, 1.807) is 0 Å². The number of hydrogen-bond donors (Lipinski definition) is 1. The van der Waals surface area contributed by atoms with Crippen LogP contribution in [-0.4, -0.2) is 16.8 Å². The standard InChI is InChI=1S/C8H15N3/c1-4-7-6-11(3)10-8(7)5-9-2/h6,9H,4-5H2,1-3H3. The van der Waals surface area contributed by atoms with Crippen LogP contribution in [0.5, 0.6) is 0 Å². The van der Waals surface area contributed by atoms with Gasteiger partial charge in [0.15, 0.2) is 0 Å². The molecule has 11 heavy (non-hydrogen) atoms. The van der Waals surface area contributed by atoms with Gasteiger partial charge in [0.05, 0.1) is 5.69 Å². The van der Waals surface area contributed by atoms with Crippen molar-refractivity contribution in [3.8, 4) is 0 Å². The van der Waals surface area contributed by atoms with E-state index in [1.807, 2.05) is 18.8 Å². The van der Waals surface area contributed by atoms with Crippen molar-refractivity contribution < 1.29 is 0 Å². The van der Waals surface area contributed by atoms with Gasteiger partial charge in [0, 0.05) is 19.8 Å². The van der Waals surface area contributed by atoms with Crippen LogP contribution in [0.3, 0.4) is 0 Å². The number of aryl methyl sites for hydroxylation is 2. The van der Waals surface area contributed by atoms with Crippen LogP contribution in [0.1, 0.15) is 18.2 Å². The van der Waals surface area contributed by atoms with Crippen molar-refractivity contribution in [1.29, 1.82) is 0 Å². The molecule has 0 aliphatic rings. The van der Waals surface area contributed by atoms with Crippen LogP contribution in [0.15, 0.2) is 6.20 Å². The molecule has 1 heterocycles. The van der Waals surface area contributed by atoms with Gasteiger partial charge in [0.25, 0.3) is 0 Å². The summed E-state index contributed by atoms with van der Waals surface area (Å²) in [6, 6.07) is 0. The monoisotopic (exact) mass is 153 g/mol. The van der Waals surface area contributed by atoms with E-state index >= 15 is 0 Å². The zero-order valence-corrected chi connectivity index (χ0v) is 7.39. The molecule has 1 aromatic rings. The molecule has 0 atom stereocenters. The third-order valence-corrected chi connectivity index (χ3v) is 1.72. The molecular weight excluding hydrogens is 138 g/mol. The van der Waals surface area contributed by atoms with Crippen molar-refractivity contribution in [2.45, 2.75) is 19.9 Å². The second-order valence-electron chi connectivity index (χ2n) is 2.66. The highest BCUT2D eigenvalue weighted by Crippen LogP contribution is 2.05. The van der Waals surface area contributed by atoms with E-state index in [9.17, 15) is 0 Å². The molecule has 3 nitrogen and oxygen atoms in total. The van der Waals surface area contributed by atoms with Gasteiger partial charge in [-0.15, -0.1) is 0 Å². The molecule has 0 saturated carbocycles. The van der Waals surface area contributed by atoms with Crippen LogP contribution in [0.25, 0.3) is 0 Å². The average Bonchev–Trinajstić information content (AvgIpc) is 2.32. The normalized spacial score (nSPS) is 10.5. The van der Waals surface area contributed by atoms with Crippen molar-refractivity contribution >= 4 is 0 Å². The first kappa shape index (κ1) is 8.27. The van der Waals surface area contributed by atoms with Gasteiger partial charge in [-0.2, -0.15) is 5.10 Å². The summed E-state index contributed by atoms with van der Waals surface area (Å²) in [6.07, 6.45) is 3.14. The van der Waals surface area contributed by atoms with Gasteiger partial charge in [-0.1, -0.05) is 6.92 Å². The second-order valence-corrected chi connectivity index (χ2v) is 2.66. The fraction of sp³-hybridized carbons (Fsp3) is 0.625. The maximum atomic E-state index is 4.33. The van der Waals surface area contributed by atoms with Gasteiger partial charge >= 0.3 is 0 Å². The summed E-state index contributed by atoms with van der Waals surface area (Å²) in [4.78, 5) is 0. The molecule has 0 aromatic carbocycles. The van der Waals surface area contributed by atoms with Gasteiger partial charge in [-0.3, -0.25) is 4.68 Å². The SMILES string of the molecule is CCc1cn(C)nc1CNC. The van der Waals surface area contributed by atoms with Gasteiger partial charge in [0.1, 0.15) is 0 Å². The minimum absolute atomic E-state index is 0.865. The summed E-state index contributed by atoms with van der Waals surface area (Å²) in [5.74, 6) is 0. The first-order valence-corrected chi connectivity index (χ1v) is 3.94. The molecule has 0 unspecified atom stereocenters. The third-order valence-electron chi connectivity index (χ3n) is 1.72. The maximum absolute atomic E-state index is 4.33. The number of nitrogens with one attached hydrogen (secondary N) is 1. The van der Waals surface area contributed by atoms with Crippen LogP contribution in [0, 0.1) is 0 Å². The first-order valence-electron chi connectivity index (χ1n) is 3.94. The van der Waals surface area contributed by atoms with E-state index in [1.165, 1.54) is 5.56 Å². The summed E-state index contributed by atoms with van der Waals surface area (Å²) in [7, 11) is 3.90. The Balaban J connectivity index is 2.83. The van der Waals surface area contributed by atoms with E-state index in [4.69, 9.17) is 0 Å². The van der Waals surface area contributed by atoms with Crippen molar-refractivity contribution in [3.05, 3.63) is 17.5 Å². The second kappa shape index (κ2) is 3.53. The summed E-state index contributed by atoms with van der Waals surface area (Å²) >= 11 is 0. The van der Waals surface area contributed by atoms with Crippen molar-refractivity contribution in [2.75, 3.05) is 7.05 Å². The summed E-state index contributed by atoms with van der Waals surface area (Å²) in [5.41, 5.74) is 2.50. The zero-order valence-electron chi connectivity index (χ0n) is 7.39. The third kappa shape index (κ3) is 1.80.